The van der Waals surface area contributed by atoms with Crippen LogP contribution < -0.4 is 5.32 Å². The van der Waals surface area contributed by atoms with Gasteiger partial charge in [-0.25, -0.2) is 0 Å². The minimum absolute atomic E-state index is 0.0657. The van der Waals surface area contributed by atoms with Gasteiger partial charge in [0.1, 0.15) is 0 Å². The van der Waals surface area contributed by atoms with Crippen LogP contribution in [0, 0.1) is 0 Å². The first-order valence-electron chi connectivity index (χ1n) is 7.82. The molecule has 4 heteroatoms. The number of likely N-dealkylation sites (N-methyl/N-ethyl adjacent to an activating group) is 1. The van der Waals surface area contributed by atoms with E-state index in [0.717, 1.165) is 24.1 Å². The van der Waals surface area contributed by atoms with E-state index in [-0.39, 0.29) is 24.2 Å². The monoisotopic (exact) mass is 286 g/mol. The van der Waals surface area contributed by atoms with Crippen molar-refractivity contribution in [3.8, 4) is 0 Å². The Morgan fingerprint density at radius 3 is 2.67 bits per heavy atom. The SMILES string of the molecule is CN(C(=O)C1CC(=O)Nc2ccccc21)C1CCCCC1. The second-order valence-corrected chi connectivity index (χ2v) is 6.13. The first-order chi connectivity index (χ1) is 10.2. The summed E-state index contributed by atoms with van der Waals surface area (Å²) in [5.74, 6) is -0.310. The lowest BCUT2D eigenvalue weighted by Gasteiger charge is -2.35. The fourth-order valence-corrected chi connectivity index (χ4v) is 3.53. The van der Waals surface area contributed by atoms with E-state index in [9.17, 15) is 9.59 Å². The van der Waals surface area contributed by atoms with Gasteiger partial charge >= 0.3 is 0 Å². The molecule has 1 saturated carbocycles. The molecule has 1 aromatic carbocycles. The van der Waals surface area contributed by atoms with E-state index in [2.05, 4.69) is 5.32 Å². The van der Waals surface area contributed by atoms with Gasteiger partial charge in [0.2, 0.25) is 11.8 Å². The van der Waals surface area contributed by atoms with Crippen LogP contribution in [0.1, 0.15) is 50.0 Å². The van der Waals surface area contributed by atoms with E-state index in [0.29, 0.717) is 6.04 Å². The average Bonchev–Trinajstić information content (AvgIpc) is 2.53. The number of hydrogen-bond acceptors (Lipinski definition) is 2. The summed E-state index contributed by atoms with van der Waals surface area (Å²) in [6.45, 7) is 0. The topological polar surface area (TPSA) is 49.4 Å². The van der Waals surface area contributed by atoms with Crippen molar-refractivity contribution in [2.75, 3.05) is 12.4 Å². The molecular formula is C17H22N2O2. The van der Waals surface area contributed by atoms with Gasteiger partial charge in [-0.2, -0.15) is 0 Å². The second-order valence-electron chi connectivity index (χ2n) is 6.13. The number of benzene rings is 1. The molecule has 1 aromatic rings. The first-order valence-corrected chi connectivity index (χ1v) is 7.82. The minimum Gasteiger partial charge on any atom is -0.342 e. The molecule has 0 saturated heterocycles. The van der Waals surface area contributed by atoms with Gasteiger partial charge in [-0.15, -0.1) is 0 Å². The summed E-state index contributed by atoms with van der Waals surface area (Å²) < 4.78 is 0. The van der Waals surface area contributed by atoms with Gasteiger partial charge in [0.25, 0.3) is 0 Å². The number of nitrogens with zero attached hydrogens (tertiary/aromatic N) is 1. The minimum atomic E-state index is -0.332. The van der Waals surface area contributed by atoms with E-state index in [1.165, 1.54) is 19.3 Å². The normalized spacial score (nSPS) is 22.3. The van der Waals surface area contributed by atoms with Crippen molar-refractivity contribution in [3.63, 3.8) is 0 Å². The van der Waals surface area contributed by atoms with Crippen LogP contribution in [0.5, 0.6) is 0 Å². The second kappa shape index (κ2) is 5.88. The number of carbonyl (C=O) groups excluding carboxylic acids is 2. The molecule has 0 aromatic heterocycles. The molecule has 0 spiro atoms. The van der Waals surface area contributed by atoms with Gasteiger partial charge in [-0.1, -0.05) is 37.5 Å². The fourth-order valence-electron chi connectivity index (χ4n) is 3.53. The lowest BCUT2D eigenvalue weighted by atomic mass is 9.87. The highest BCUT2D eigenvalue weighted by Gasteiger charge is 2.34. The van der Waals surface area contributed by atoms with Crippen molar-refractivity contribution >= 4 is 17.5 Å². The quantitative estimate of drug-likeness (QED) is 0.908. The number of fused-ring (bicyclic) bond motifs is 1. The number of hydrogen-bond donors (Lipinski definition) is 1. The van der Waals surface area contributed by atoms with E-state index in [1.54, 1.807) is 0 Å². The maximum atomic E-state index is 12.9. The van der Waals surface area contributed by atoms with Crippen LogP contribution in [-0.4, -0.2) is 29.8 Å². The zero-order valence-electron chi connectivity index (χ0n) is 12.5. The maximum Gasteiger partial charge on any atom is 0.230 e. The summed E-state index contributed by atoms with van der Waals surface area (Å²) in [5.41, 5.74) is 1.73. The summed E-state index contributed by atoms with van der Waals surface area (Å²) in [6.07, 6.45) is 6.10. The van der Waals surface area contributed by atoms with Crippen LogP contribution in [0.15, 0.2) is 24.3 Å². The van der Waals surface area contributed by atoms with Gasteiger partial charge in [0, 0.05) is 25.2 Å². The molecule has 1 unspecified atom stereocenters. The maximum absolute atomic E-state index is 12.9. The lowest BCUT2D eigenvalue weighted by Crippen LogP contribution is -2.42. The van der Waals surface area contributed by atoms with E-state index in [4.69, 9.17) is 0 Å². The summed E-state index contributed by atoms with van der Waals surface area (Å²) in [6, 6.07) is 7.97. The van der Waals surface area contributed by atoms with E-state index >= 15 is 0 Å². The average molecular weight is 286 g/mol. The van der Waals surface area contributed by atoms with Crippen LogP contribution in [0.25, 0.3) is 0 Å². The van der Waals surface area contributed by atoms with Crippen molar-refractivity contribution in [2.24, 2.45) is 0 Å². The van der Waals surface area contributed by atoms with Crippen molar-refractivity contribution in [2.45, 2.75) is 50.5 Å². The molecule has 2 amide bonds. The molecule has 3 rings (SSSR count). The Labute approximate surface area is 125 Å². The highest BCUT2D eigenvalue weighted by atomic mass is 16.2. The predicted molar refractivity (Wildman–Crippen MR) is 82.1 cm³/mol. The fraction of sp³-hybridized carbons (Fsp3) is 0.529. The van der Waals surface area contributed by atoms with E-state index < -0.39 is 0 Å². The van der Waals surface area contributed by atoms with Crippen molar-refractivity contribution in [1.29, 1.82) is 0 Å². The Bertz CT molecular complexity index is 549. The highest BCUT2D eigenvalue weighted by Crippen LogP contribution is 2.34. The molecule has 1 fully saturated rings. The molecule has 0 radical (unpaired) electrons. The van der Waals surface area contributed by atoms with Crippen LogP contribution in [0.3, 0.4) is 0 Å². The zero-order valence-corrected chi connectivity index (χ0v) is 12.5. The Balaban J connectivity index is 1.82. The van der Waals surface area contributed by atoms with E-state index in [1.807, 2.05) is 36.2 Å². The Morgan fingerprint density at radius 1 is 1.19 bits per heavy atom. The third kappa shape index (κ3) is 2.80. The largest absolute Gasteiger partial charge is 0.342 e. The van der Waals surface area contributed by atoms with Gasteiger partial charge in [-0.3, -0.25) is 9.59 Å². The predicted octanol–water partition coefficient (Wildman–Crippen LogP) is 2.90. The van der Waals surface area contributed by atoms with Gasteiger partial charge in [0.05, 0.1) is 5.92 Å². The van der Waals surface area contributed by atoms with Gasteiger partial charge < -0.3 is 10.2 Å². The smallest absolute Gasteiger partial charge is 0.230 e. The Kier molecular flexibility index (Phi) is 3.95. The van der Waals surface area contributed by atoms with Gasteiger partial charge in [0.15, 0.2) is 0 Å². The molecule has 112 valence electrons. The number of carbonyl (C=O) groups is 2. The van der Waals surface area contributed by atoms with Crippen LogP contribution >= 0.6 is 0 Å². The molecule has 0 bridgehead atoms. The molecule has 1 aliphatic carbocycles. The van der Waals surface area contributed by atoms with Crippen molar-refractivity contribution < 1.29 is 9.59 Å². The molecule has 1 heterocycles. The van der Waals surface area contributed by atoms with Crippen molar-refractivity contribution in [3.05, 3.63) is 29.8 Å². The first kappa shape index (κ1) is 14.1. The molecule has 1 atom stereocenters. The number of anilines is 1. The molecule has 4 nitrogen and oxygen atoms in total. The summed E-state index contributed by atoms with van der Waals surface area (Å²) >= 11 is 0. The van der Waals surface area contributed by atoms with Crippen molar-refractivity contribution in [1.82, 2.24) is 4.90 Å². The number of amides is 2. The number of rotatable bonds is 2. The molecular weight excluding hydrogens is 264 g/mol. The zero-order chi connectivity index (χ0) is 14.8. The lowest BCUT2D eigenvalue weighted by molar-refractivity contribution is -0.136. The Morgan fingerprint density at radius 2 is 1.90 bits per heavy atom. The third-order valence-electron chi connectivity index (χ3n) is 4.77. The van der Waals surface area contributed by atoms with Gasteiger partial charge in [-0.05, 0) is 24.5 Å². The van der Waals surface area contributed by atoms with Crippen LogP contribution in [0.2, 0.25) is 0 Å². The highest BCUT2D eigenvalue weighted by molar-refractivity contribution is 6.01. The summed E-state index contributed by atoms with van der Waals surface area (Å²) in [4.78, 5) is 26.6. The summed E-state index contributed by atoms with van der Waals surface area (Å²) in [5, 5.41) is 2.85. The molecule has 1 N–H and O–H groups in total. The molecule has 2 aliphatic rings. The summed E-state index contributed by atoms with van der Waals surface area (Å²) in [7, 11) is 1.90. The molecule has 21 heavy (non-hydrogen) atoms. The van der Waals surface area contributed by atoms with Crippen LogP contribution in [-0.2, 0) is 9.59 Å². The third-order valence-corrected chi connectivity index (χ3v) is 4.77. The standard InChI is InChI=1S/C17H22N2O2/c1-19(12-7-3-2-4-8-12)17(21)14-11-16(20)18-15-10-6-5-9-13(14)15/h5-6,9-10,12,14H,2-4,7-8,11H2,1H3,(H,18,20). The Hall–Kier alpha value is -1.84. The molecule has 1 aliphatic heterocycles. The van der Waals surface area contributed by atoms with Crippen LogP contribution in [0.4, 0.5) is 5.69 Å². The number of para-hydroxylation sites is 1. The number of nitrogens with one attached hydrogen (secondary N) is 1.